The van der Waals surface area contributed by atoms with Crippen LogP contribution in [0.3, 0.4) is 0 Å². The summed E-state index contributed by atoms with van der Waals surface area (Å²) in [5.74, 6) is 1.60. The Morgan fingerprint density at radius 2 is 2.00 bits per heavy atom. The van der Waals surface area contributed by atoms with E-state index in [1.807, 2.05) is 41.9 Å². The summed E-state index contributed by atoms with van der Waals surface area (Å²) in [7, 11) is 0. The lowest BCUT2D eigenvalue weighted by molar-refractivity contribution is 0.142. The van der Waals surface area contributed by atoms with E-state index in [1.54, 1.807) is 6.26 Å². The first kappa shape index (κ1) is 22.0. The molecule has 1 N–H and O–H groups in total. The van der Waals surface area contributed by atoms with E-state index in [0.29, 0.717) is 18.7 Å². The number of tetrazole rings is 1. The van der Waals surface area contributed by atoms with Gasteiger partial charge in [0.05, 0.1) is 24.4 Å². The van der Waals surface area contributed by atoms with Crippen LogP contribution in [-0.2, 0) is 18.6 Å². The molecule has 0 bridgehead atoms. The summed E-state index contributed by atoms with van der Waals surface area (Å²) in [6.07, 6.45) is 2.45. The van der Waals surface area contributed by atoms with Crippen molar-refractivity contribution in [3.05, 3.63) is 75.7 Å². The van der Waals surface area contributed by atoms with Crippen molar-refractivity contribution in [1.82, 2.24) is 30.1 Å². The average Bonchev–Trinajstić information content (AvgIpc) is 3.41. The van der Waals surface area contributed by atoms with Crippen LogP contribution in [0, 0.1) is 6.92 Å². The number of rotatable bonds is 7. The second kappa shape index (κ2) is 8.70. The molecule has 1 aromatic carbocycles. The summed E-state index contributed by atoms with van der Waals surface area (Å²) < 4.78 is 7.50. The van der Waals surface area contributed by atoms with E-state index in [9.17, 15) is 4.79 Å². The van der Waals surface area contributed by atoms with Gasteiger partial charge in [-0.25, -0.2) is 4.68 Å². The van der Waals surface area contributed by atoms with Crippen LogP contribution < -0.4 is 5.56 Å². The molecule has 3 aromatic heterocycles. The fourth-order valence-corrected chi connectivity index (χ4v) is 4.06. The molecule has 0 aliphatic carbocycles. The van der Waals surface area contributed by atoms with Crippen LogP contribution in [0.4, 0.5) is 0 Å². The second-order valence-corrected chi connectivity index (χ2v) is 9.24. The number of hydrogen-bond donors (Lipinski definition) is 1. The van der Waals surface area contributed by atoms with Gasteiger partial charge in [-0.15, -0.1) is 5.10 Å². The first-order valence-electron chi connectivity index (χ1n) is 10.9. The third kappa shape index (κ3) is 4.50. The van der Waals surface area contributed by atoms with Gasteiger partial charge in [0.15, 0.2) is 5.82 Å². The average molecular weight is 435 g/mol. The Balaban J connectivity index is 1.75. The van der Waals surface area contributed by atoms with Gasteiger partial charge in [0.2, 0.25) is 0 Å². The van der Waals surface area contributed by atoms with Crippen LogP contribution in [0.1, 0.15) is 62.9 Å². The topological polar surface area (TPSA) is 92.8 Å². The van der Waals surface area contributed by atoms with Crippen molar-refractivity contribution in [2.45, 2.75) is 65.7 Å². The number of aryl methyl sites for hydroxylation is 1. The zero-order valence-corrected chi connectivity index (χ0v) is 19.3. The summed E-state index contributed by atoms with van der Waals surface area (Å²) in [4.78, 5) is 18.2. The lowest BCUT2D eigenvalue weighted by Crippen LogP contribution is -2.35. The molecule has 0 spiro atoms. The zero-order chi connectivity index (χ0) is 22.9. The maximum atomic E-state index is 13.0. The van der Waals surface area contributed by atoms with Crippen LogP contribution in [0.5, 0.6) is 0 Å². The molecular formula is C24H30N6O2. The quantitative estimate of drug-likeness (QED) is 0.466. The molecule has 0 aliphatic rings. The van der Waals surface area contributed by atoms with Gasteiger partial charge in [-0.2, -0.15) is 0 Å². The highest BCUT2D eigenvalue weighted by molar-refractivity contribution is 5.79. The van der Waals surface area contributed by atoms with Crippen molar-refractivity contribution in [2.24, 2.45) is 0 Å². The summed E-state index contributed by atoms with van der Waals surface area (Å²) in [6, 6.07) is 11.8. The first-order valence-corrected chi connectivity index (χ1v) is 10.9. The fraction of sp³-hybridized carbons (Fsp3) is 0.417. The molecule has 0 fully saturated rings. The smallest absolute Gasteiger partial charge is 0.252 e. The Bertz CT molecular complexity index is 1250. The SMILES string of the molecule is CC[C@@H](c1nnnn1C(C)(C)C)N(Cc1ccco1)Cc1cc2ccc(C)cc2[nH]c1=O. The molecule has 32 heavy (non-hydrogen) atoms. The van der Waals surface area contributed by atoms with E-state index in [1.165, 1.54) is 0 Å². The van der Waals surface area contributed by atoms with Gasteiger partial charge in [0, 0.05) is 17.6 Å². The molecule has 3 heterocycles. The lowest BCUT2D eigenvalue weighted by Gasteiger charge is -2.31. The van der Waals surface area contributed by atoms with Crippen molar-refractivity contribution in [3.63, 3.8) is 0 Å². The van der Waals surface area contributed by atoms with Gasteiger partial charge in [-0.3, -0.25) is 9.69 Å². The summed E-state index contributed by atoms with van der Waals surface area (Å²) in [5.41, 5.74) is 2.31. The summed E-state index contributed by atoms with van der Waals surface area (Å²) in [6.45, 7) is 11.3. The third-order valence-corrected chi connectivity index (χ3v) is 5.65. The Labute approximate surface area is 187 Å². The number of nitrogens with zero attached hydrogens (tertiary/aromatic N) is 5. The molecule has 4 rings (SSSR count). The molecule has 4 aromatic rings. The van der Waals surface area contributed by atoms with E-state index < -0.39 is 0 Å². The van der Waals surface area contributed by atoms with Crippen LogP contribution in [0.25, 0.3) is 10.9 Å². The molecule has 0 radical (unpaired) electrons. The van der Waals surface area contributed by atoms with Crippen molar-refractivity contribution in [3.8, 4) is 0 Å². The Morgan fingerprint density at radius 3 is 2.69 bits per heavy atom. The molecular weight excluding hydrogens is 404 g/mol. The van der Waals surface area contributed by atoms with Crippen molar-refractivity contribution in [2.75, 3.05) is 0 Å². The molecule has 0 saturated carbocycles. The van der Waals surface area contributed by atoms with Gasteiger partial charge < -0.3 is 9.40 Å². The van der Waals surface area contributed by atoms with Crippen molar-refractivity contribution < 1.29 is 4.42 Å². The first-order chi connectivity index (χ1) is 15.3. The monoisotopic (exact) mass is 434 g/mol. The molecule has 0 unspecified atom stereocenters. The minimum atomic E-state index is -0.263. The van der Waals surface area contributed by atoms with Crippen LogP contribution >= 0.6 is 0 Å². The Kier molecular flexibility index (Phi) is 5.97. The fourth-order valence-electron chi connectivity index (χ4n) is 4.06. The maximum absolute atomic E-state index is 13.0. The number of aromatic nitrogens is 5. The zero-order valence-electron chi connectivity index (χ0n) is 19.3. The van der Waals surface area contributed by atoms with Crippen LogP contribution in [0.2, 0.25) is 0 Å². The van der Waals surface area contributed by atoms with Gasteiger partial charge >= 0.3 is 0 Å². The number of hydrogen-bond acceptors (Lipinski definition) is 6. The predicted octanol–water partition coefficient (Wildman–Crippen LogP) is 4.32. The standard InChI is InChI=1S/C24H30N6O2/c1-6-21(22-26-27-28-30(22)24(3,4)5)29(15-19-8-7-11-32-19)14-18-13-17-10-9-16(2)12-20(17)25-23(18)31/h7-13,21H,6,14-15H2,1-5H3,(H,25,31)/t21-/m0/s1. The van der Waals surface area contributed by atoms with E-state index in [0.717, 1.165) is 34.5 Å². The minimum Gasteiger partial charge on any atom is -0.468 e. The lowest BCUT2D eigenvalue weighted by atomic mass is 10.1. The highest BCUT2D eigenvalue weighted by atomic mass is 16.3. The molecule has 168 valence electrons. The van der Waals surface area contributed by atoms with E-state index in [-0.39, 0.29) is 17.1 Å². The highest BCUT2D eigenvalue weighted by Gasteiger charge is 2.30. The molecule has 0 aliphatic heterocycles. The number of nitrogens with one attached hydrogen (secondary N) is 1. The van der Waals surface area contributed by atoms with E-state index >= 15 is 0 Å². The van der Waals surface area contributed by atoms with Gasteiger partial charge in [-0.1, -0.05) is 19.1 Å². The molecule has 8 nitrogen and oxygen atoms in total. The number of H-pyrrole nitrogens is 1. The number of aromatic amines is 1. The molecule has 1 atom stereocenters. The summed E-state index contributed by atoms with van der Waals surface area (Å²) in [5, 5.41) is 13.6. The Hall–Kier alpha value is -3.26. The number of pyridine rings is 1. The highest BCUT2D eigenvalue weighted by Crippen LogP contribution is 2.29. The third-order valence-electron chi connectivity index (χ3n) is 5.65. The largest absolute Gasteiger partial charge is 0.468 e. The van der Waals surface area contributed by atoms with Crippen LogP contribution in [-0.4, -0.2) is 30.1 Å². The van der Waals surface area contributed by atoms with Crippen LogP contribution in [0.15, 0.2) is 51.9 Å². The number of fused-ring (bicyclic) bond motifs is 1. The molecule has 0 amide bonds. The van der Waals surface area contributed by atoms with Gasteiger partial charge in [0.25, 0.3) is 5.56 Å². The van der Waals surface area contributed by atoms with Gasteiger partial charge in [0.1, 0.15) is 5.76 Å². The van der Waals surface area contributed by atoms with E-state index in [4.69, 9.17) is 4.42 Å². The minimum absolute atomic E-state index is 0.0854. The Morgan fingerprint density at radius 1 is 1.19 bits per heavy atom. The molecule has 0 saturated heterocycles. The van der Waals surface area contributed by atoms with Crippen molar-refractivity contribution in [1.29, 1.82) is 0 Å². The number of furan rings is 1. The normalized spacial score (nSPS) is 13.2. The van der Waals surface area contributed by atoms with Crippen molar-refractivity contribution >= 4 is 10.9 Å². The maximum Gasteiger partial charge on any atom is 0.252 e. The van der Waals surface area contributed by atoms with Gasteiger partial charge in [-0.05, 0) is 79.8 Å². The molecule has 8 heteroatoms. The second-order valence-electron chi connectivity index (χ2n) is 9.24. The summed E-state index contributed by atoms with van der Waals surface area (Å²) >= 11 is 0. The predicted molar refractivity (Wildman–Crippen MR) is 123 cm³/mol. The number of benzene rings is 1. The van der Waals surface area contributed by atoms with E-state index in [2.05, 4.69) is 59.2 Å².